The molecule has 0 aliphatic heterocycles. The van der Waals surface area contributed by atoms with E-state index >= 15 is 0 Å². The molecule has 0 heterocycles. The highest BCUT2D eigenvalue weighted by Crippen LogP contribution is 2.19. The van der Waals surface area contributed by atoms with Gasteiger partial charge in [0.1, 0.15) is 6.07 Å². The average Bonchev–Trinajstić information content (AvgIpc) is 2.19. The molecule has 1 aromatic rings. The van der Waals surface area contributed by atoms with Crippen LogP contribution in [-0.2, 0) is 11.2 Å². The fraction of sp³-hybridized carbons (Fsp3) is 0.200. The largest absolute Gasteiger partial charge is 0.240 e. The molecule has 0 fully saturated rings. The van der Waals surface area contributed by atoms with Gasteiger partial charge in [0.05, 0.1) is 11.3 Å². The summed E-state index contributed by atoms with van der Waals surface area (Å²) in [4.78, 5) is 13.4. The van der Waals surface area contributed by atoms with Crippen LogP contribution in [0.15, 0.2) is 23.2 Å². The van der Waals surface area contributed by atoms with Crippen LogP contribution in [0.2, 0.25) is 0 Å². The SMILES string of the molecule is CCc1ccc(N=C=O)c(C#N)c1. The predicted octanol–water partition coefficient (Wildman–Crippen LogP) is 2.09. The maximum atomic E-state index is 10.00. The van der Waals surface area contributed by atoms with Crippen LogP contribution in [0.3, 0.4) is 0 Å². The van der Waals surface area contributed by atoms with Gasteiger partial charge in [0.15, 0.2) is 0 Å². The van der Waals surface area contributed by atoms with Gasteiger partial charge in [-0.15, -0.1) is 0 Å². The zero-order valence-corrected chi connectivity index (χ0v) is 7.24. The van der Waals surface area contributed by atoms with E-state index in [2.05, 4.69) is 4.99 Å². The Morgan fingerprint density at radius 1 is 1.54 bits per heavy atom. The van der Waals surface area contributed by atoms with Crippen molar-refractivity contribution in [1.29, 1.82) is 5.26 Å². The first-order valence-electron chi connectivity index (χ1n) is 3.92. The summed E-state index contributed by atoms with van der Waals surface area (Å²) >= 11 is 0. The Balaban J connectivity index is 3.25. The summed E-state index contributed by atoms with van der Waals surface area (Å²) in [5, 5.41) is 8.73. The third-order valence-corrected chi connectivity index (χ3v) is 1.76. The van der Waals surface area contributed by atoms with Gasteiger partial charge in [0.25, 0.3) is 0 Å². The predicted molar refractivity (Wildman–Crippen MR) is 48.3 cm³/mol. The fourth-order valence-corrected chi connectivity index (χ4v) is 1.04. The zero-order chi connectivity index (χ0) is 9.68. The molecule has 0 saturated heterocycles. The van der Waals surface area contributed by atoms with Crippen molar-refractivity contribution >= 4 is 11.8 Å². The highest BCUT2D eigenvalue weighted by molar-refractivity contribution is 5.59. The fourth-order valence-electron chi connectivity index (χ4n) is 1.04. The molecule has 1 aromatic carbocycles. The van der Waals surface area contributed by atoms with E-state index in [1.807, 2.05) is 19.1 Å². The van der Waals surface area contributed by atoms with Crippen LogP contribution in [0.5, 0.6) is 0 Å². The highest BCUT2D eigenvalue weighted by Gasteiger charge is 2.00. The normalized spacial score (nSPS) is 8.62. The van der Waals surface area contributed by atoms with Crippen molar-refractivity contribution < 1.29 is 4.79 Å². The van der Waals surface area contributed by atoms with Crippen molar-refractivity contribution in [2.45, 2.75) is 13.3 Å². The lowest BCUT2D eigenvalue weighted by molar-refractivity contribution is 0.565. The lowest BCUT2D eigenvalue weighted by Crippen LogP contribution is -1.82. The second-order valence-electron chi connectivity index (χ2n) is 2.52. The van der Waals surface area contributed by atoms with Crippen LogP contribution in [0, 0.1) is 11.3 Å². The Kier molecular flexibility index (Phi) is 2.97. The molecule has 0 unspecified atom stereocenters. The van der Waals surface area contributed by atoms with Gasteiger partial charge in [-0.2, -0.15) is 10.3 Å². The molecule has 0 spiro atoms. The van der Waals surface area contributed by atoms with Gasteiger partial charge >= 0.3 is 0 Å². The molecule has 0 radical (unpaired) electrons. The van der Waals surface area contributed by atoms with Crippen molar-refractivity contribution in [3.8, 4) is 6.07 Å². The van der Waals surface area contributed by atoms with Crippen molar-refractivity contribution in [3.05, 3.63) is 29.3 Å². The molecule has 1 rings (SSSR count). The van der Waals surface area contributed by atoms with Gasteiger partial charge in [-0.05, 0) is 24.1 Å². The third kappa shape index (κ3) is 2.02. The Hall–Kier alpha value is -1.91. The van der Waals surface area contributed by atoms with Gasteiger partial charge in [-0.25, -0.2) is 4.79 Å². The van der Waals surface area contributed by atoms with Crippen LogP contribution in [0.1, 0.15) is 18.1 Å². The van der Waals surface area contributed by atoms with E-state index < -0.39 is 0 Å². The van der Waals surface area contributed by atoms with Crippen LogP contribution in [0.25, 0.3) is 0 Å². The molecule has 3 nitrogen and oxygen atoms in total. The molecule has 0 saturated carbocycles. The second kappa shape index (κ2) is 4.20. The quantitative estimate of drug-likeness (QED) is 0.506. The number of carbonyl (C=O) groups excluding carboxylic acids is 1. The van der Waals surface area contributed by atoms with Crippen LogP contribution in [-0.4, -0.2) is 6.08 Å². The number of isocyanates is 1. The molecule has 64 valence electrons. The van der Waals surface area contributed by atoms with Crippen LogP contribution < -0.4 is 0 Å². The summed E-state index contributed by atoms with van der Waals surface area (Å²) in [6, 6.07) is 7.21. The minimum Gasteiger partial charge on any atom is -0.211 e. The summed E-state index contributed by atoms with van der Waals surface area (Å²) in [6.07, 6.45) is 2.28. The molecule has 0 aliphatic rings. The molecule has 0 aromatic heterocycles. The van der Waals surface area contributed by atoms with E-state index in [9.17, 15) is 4.79 Å². The van der Waals surface area contributed by atoms with E-state index in [0.717, 1.165) is 12.0 Å². The zero-order valence-electron chi connectivity index (χ0n) is 7.24. The first-order chi connectivity index (χ1) is 6.31. The standard InChI is InChI=1S/C10H8N2O/c1-2-8-3-4-10(12-7-13)9(5-8)6-11/h3-5H,2H2,1H3. The van der Waals surface area contributed by atoms with E-state index in [0.29, 0.717) is 11.3 Å². The van der Waals surface area contributed by atoms with Gasteiger partial charge in [0, 0.05) is 0 Å². The molecular weight excluding hydrogens is 164 g/mol. The molecule has 0 amide bonds. The maximum absolute atomic E-state index is 10.00. The van der Waals surface area contributed by atoms with Crippen LogP contribution in [0.4, 0.5) is 5.69 Å². The molecule has 0 N–H and O–H groups in total. The number of hydrogen-bond acceptors (Lipinski definition) is 3. The number of aliphatic imine (C=N–C) groups is 1. The van der Waals surface area contributed by atoms with Crippen molar-refractivity contribution in [2.24, 2.45) is 4.99 Å². The lowest BCUT2D eigenvalue weighted by atomic mass is 10.1. The number of nitrogens with zero attached hydrogens (tertiary/aromatic N) is 2. The third-order valence-electron chi connectivity index (χ3n) is 1.76. The number of benzene rings is 1. The molecule has 0 aliphatic carbocycles. The lowest BCUT2D eigenvalue weighted by Gasteiger charge is -1.98. The summed E-state index contributed by atoms with van der Waals surface area (Å²) in [5.41, 5.74) is 1.86. The van der Waals surface area contributed by atoms with E-state index in [1.54, 1.807) is 12.1 Å². The van der Waals surface area contributed by atoms with Crippen molar-refractivity contribution in [2.75, 3.05) is 0 Å². The molecular formula is C10H8N2O. The minimum absolute atomic E-state index is 0.384. The van der Waals surface area contributed by atoms with Crippen molar-refractivity contribution in [1.82, 2.24) is 0 Å². The topological polar surface area (TPSA) is 53.2 Å². The average molecular weight is 172 g/mol. The Bertz CT molecular complexity index is 398. The smallest absolute Gasteiger partial charge is 0.211 e. The molecule has 13 heavy (non-hydrogen) atoms. The van der Waals surface area contributed by atoms with Crippen LogP contribution >= 0.6 is 0 Å². The first kappa shape index (κ1) is 9.18. The molecule has 3 heteroatoms. The summed E-state index contributed by atoms with van der Waals surface area (Å²) < 4.78 is 0. The van der Waals surface area contributed by atoms with Gasteiger partial charge in [-0.3, -0.25) is 0 Å². The minimum atomic E-state index is 0.384. The maximum Gasteiger partial charge on any atom is 0.240 e. The summed E-state index contributed by atoms with van der Waals surface area (Å²) in [6.45, 7) is 2.00. The van der Waals surface area contributed by atoms with E-state index in [-0.39, 0.29) is 0 Å². The Morgan fingerprint density at radius 2 is 2.31 bits per heavy atom. The number of hydrogen-bond donors (Lipinski definition) is 0. The first-order valence-corrected chi connectivity index (χ1v) is 3.92. The number of nitriles is 1. The van der Waals surface area contributed by atoms with E-state index in [1.165, 1.54) is 6.08 Å². The van der Waals surface area contributed by atoms with Crippen molar-refractivity contribution in [3.63, 3.8) is 0 Å². The summed E-state index contributed by atoms with van der Waals surface area (Å²) in [7, 11) is 0. The van der Waals surface area contributed by atoms with Gasteiger partial charge in [-0.1, -0.05) is 13.0 Å². The monoisotopic (exact) mass is 172 g/mol. The van der Waals surface area contributed by atoms with Gasteiger partial charge < -0.3 is 0 Å². The number of aryl methyl sites for hydroxylation is 1. The Labute approximate surface area is 76.3 Å². The second-order valence-corrected chi connectivity index (χ2v) is 2.52. The van der Waals surface area contributed by atoms with E-state index in [4.69, 9.17) is 5.26 Å². The molecule has 0 bridgehead atoms. The van der Waals surface area contributed by atoms with Gasteiger partial charge in [0.2, 0.25) is 6.08 Å². The molecule has 0 atom stereocenters. The Morgan fingerprint density at radius 3 is 2.85 bits per heavy atom. The number of rotatable bonds is 2. The summed E-state index contributed by atoms with van der Waals surface area (Å²) in [5.74, 6) is 0. The highest BCUT2D eigenvalue weighted by atomic mass is 16.1.